The average Bonchev–Trinajstić information content (AvgIpc) is 3.37. The predicted octanol–water partition coefficient (Wildman–Crippen LogP) is 4.78. The van der Waals surface area contributed by atoms with Crippen LogP contribution in [-0.2, 0) is 4.79 Å². The first-order chi connectivity index (χ1) is 12.1. The maximum Gasteiger partial charge on any atom is 0.167 e. The van der Waals surface area contributed by atoms with Gasteiger partial charge in [-0.1, -0.05) is 42.5 Å². The lowest BCUT2D eigenvalue weighted by Crippen LogP contribution is -2.06. The van der Waals surface area contributed by atoms with Gasteiger partial charge in [-0.15, -0.1) is 0 Å². The van der Waals surface area contributed by atoms with Crippen LogP contribution in [0.25, 0.3) is 10.8 Å². The minimum absolute atomic E-state index is 0.0265. The summed E-state index contributed by atoms with van der Waals surface area (Å²) in [6, 6.07) is 19.7. The third kappa shape index (κ3) is 2.76. The molecule has 0 saturated heterocycles. The van der Waals surface area contributed by atoms with E-state index in [1.807, 2.05) is 36.4 Å². The minimum Gasteiger partial charge on any atom is -0.300 e. The van der Waals surface area contributed by atoms with E-state index >= 15 is 0 Å². The Morgan fingerprint density at radius 1 is 0.840 bits per heavy atom. The van der Waals surface area contributed by atoms with Crippen LogP contribution in [0.1, 0.15) is 28.8 Å². The van der Waals surface area contributed by atoms with Crippen molar-refractivity contribution in [3.05, 3.63) is 83.7 Å². The van der Waals surface area contributed by atoms with E-state index in [4.69, 9.17) is 0 Å². The van der Waals surface area contributed by atoms with E-state index in [1.165, 1.54) is 31.2 Å². The highest BCUT2D eigenvalue weighted by molar-refractivity contribution is 6.05. The number of hydrogen-bond donors (Lipinski definition) is 0. The lowest BCUT2D eigenvalue weighted by atomic mass is 10.0. The summed E-state index contributed by atoms with van der Waals surface area (Å²) in [6.07, 6.45) is 0. The topological polar surface area (TPSA) is 34.1 Å². The van der Waals surface area contributed by atoms with Gasteiger partial charge in [-0.2, -0.15) is 0 Å². The first kappa shape index (κ1) is 15.7. The predicted molar refractivity (Wildman–Crippen MR) is 95.1 cm³/mol. The van der Waals surface area contributed by atoms with Crippen molar-refractivity contribution in [1.29, 1.82) is 0 Å². The Bertz CT molecular complexity index is 975. The molecule has 0 bridgehead atoms. The lowest BCUT2D eigenvalue weighted by molar-refractivity contribution is -0.118. The normalized spacial score (nSPS) is 21.9. The van der Waals surface area contributed by atoms with Crippen LogP contribution < -0.4 is 0 Å². The first-order valence-electron chi connectivity index (χ1n) is 8.35. The lowest BCUT2D eigenvalue weighted by Gasteiger charge is -2.04. The van der Waals surface area contributed by atoms with E-state index in [0.717, 1.165) is 16.3 Å². The third-order valence-corrected chi connectivity index (χ3v) is 5.08. The molecule has 0 heterocycles. The molecule has 3 atom stereocenters. The van der Waals surface area contributed by atoms with Crippen LogP contribution in [0.3, 0.4) is 0 Å². The standard InChI is InChI=1S/C22H17FO2/c1-13(24)19-20(17-7-6-14-4-2-3-5-16(14)12-17)21(19)22(25)15-8-10-18(23)11-9-15/h2-12,19-21H,1H3/t19-,20-,21-/m0/s1. The number of carbonyl (C=O) groups is 2. The van der Waals surface area contributed by atoms with Crippen molar-refractivity contribution in [3.8, 4) is 0 Å². The molecule has 0 aromatic heterocycles. The SMILES string of the molecule is CC(=O)[C@@H]1[C@H](C(=O)c2ccc(F)cc2)[C@H]1c1ccc2ccccc2c1. The minimum atomic E-state index is -0.374. The van der Waals surface area contributed by atoms with E-state index in [2.05, 4.69) is 6.07 Å². The number of Topliss-reactive ketones (excluding diaryl/α,β-unsaturated/α-hetero) is 2. The maximum atomic E-state index is 13.1. The molecule has 0 unspecified atom stereocenters. The van der Waals surface area contributed by atoms with Crippen LogP contribution in [0.4, 0.5) is 4.39 Å². The van der Waals surface area contributed by atoms with Crippen molar-refractivity contribution in [1.82, 2.24) is 0 Å². The summed E-state index contributed by atoms with van der Waals surface area (Å²) < 4.78 is 13.1. The molecule has 25 heavy (non-hydrogen) atoms. The second-order valence-corrected chi connectivity index (χ2v) is 6.67. The molecule has 1 saturated carbocycles. The molecular formula is C22H17FO2. The Kier molecular flexibility index (Phi) is 3.72. The summed E-state index contributed by atoms with van der Waals surface area (Å²) in [5.41, 5.74) is 1.47. The number of halogens is 1. The molecule has 0 spiro atoms. The summed E-state index contributed by atoms with van der Waals surface area (Å²) in [6.45, 7) is 1.54. The number of carbonyl (C=O) groups excluding carboxylic acids is 2. The van der Waals surface area contributed by atoms with Crippen LogP contribution in [0.15, 0.2) is 66.7 Å². The van der Waals surface area contributed by atoms with Crippen molar-refractivity contribution in [3.63, 3.8) is 0 Å². The molecule has 0 amide bonds. The van der Waals surface area contributed by atoms with Crippen LogP contribution in [0.2, 0.25) is 0 Å². The number of benzene rings is 3. The molecule has 124 valence electrons. The quantitative estimate of drug-likeness (QED) is 0.644. The molecule has 3 aromatic rings. The molecule has 1 fully saturated rings. The fraction of sp³-hybridized carbons (Fsp3) is 0.182. The van der Waals surface area contributed by atoms with Crippen molar-refractivity contribution < 1.29 is 14.0 Å². The molecule has 1 aliphatic rings. The van der Waals surface area contributed by atoms with E-state index < -0.39 is 0 Å². The molecule has 3 heteroatoms. The fourth-order valence-electron chi connectivity index (χ4n) is 3.78. The summed E-state index contributed by atoms with van der Waals surface area (Å²) in [5, 5.41) is 2.23. The van der Waals surface area contributed by atoms with E-state index in [-0.39, 0.29) is 35.1 Å². The third-order valence-electron chi connectivity index (χ3n) is 5.08. The van der Waals surface area contributed by atoms with Gasteiger partial charge in [0.1, 0.15) is 11.6 Å². The van der Waals surface area contributed by atoms with Crippen LogP contribution in [0, 0.1) is 17.7 Å². The van der Waals surface area contributed by atoms with Crippen molar-refractivity contribution in [2.75, 3.05) is 0 Å². The zero-order chi connectivity index (χ0) is 17.6. The molecule has 4 rings (SSSR count). The summed E-state index contributed by atoms with van der Waals surface area (Å²) in [5.74, 6) is -1.18. The second kappa shape index (κ2) is 5.92. The Labute approximate surface area is 145 Å². The van der Waals surface area contributed by atoms with Crippen LogP contribution in [-0.4, -0.2) is 11.6 Å². The highest BCUT2D eigenvalue weighted by Gasteiger charge is 2.57. The Balaban J connectivity index is 1.68. The average molecular weight is 332 g/mol. The van der Waals surface area contributed by atoms with Crippen molar-refractivity contribution in [2.24, 2.45) is 11.8 Å². The highest BCUT2D eigenvalue weighted by Crippen LogP contribution is 2.56. The summed E-state index contributed by atoms with van der Waals surface area (Å²) >= 11 is 0. The van der Waals surface area contributed by atoms with E-state index in [0.29, 0.717) is 5.56 Å². The smallest absolute Gasteiger partial charge is 0.167 e. The van der Waals surface area contributed by atoms with Gasteiger partial charge in [0.15, 0.2) is 5.78 Å². The zero-order valence-electron chi connectivity index (χ0n) is 13.8. The van der Waals surface area contributed by atoms with Gasteiger partial charge < -0.3 is 0 Å². The maximum absolute atomic E-state index is 13.1. The molecule has 1 aliphatic carbocycles. The van der Waals surface area contributed by atoms with Crippen molar-refractivity contribution >= 4 is 22.3 Å². The highest BCUT2D eigenvalue weighted by atomic mass is 19.1. The number of hydrogen-bond acceptors (Lipinski definition) is 2. The van der Waals surface area contributed by atoms with E-state index in [9.17, 15) is 14.0 Å². The fourth-order valence-corrected chi connectivity index (χ4v) is 3.78. The molecule has 0 aliphatic heterocycles. The Morgan fingerprint density at radius 3 is 2.20 bits per heavy atom. The van der Waals surface area contributed by atoms with Gasteiger partial charge in [-0.25, -0.2) is 4.39 Å². The monoisotopic (exact) mass is 332 g/mol. The van der Waals surface area contributed by atoms with Crippen LogP contribution >= 0.6 is 0 Å². The molecule has 3 aromatic carbocycles. The van der Waals surface area contributed by atoms with Gasteiger partial charge in [-0.3, -0.25) is 9.59 Å². The van der Waals surface area contributed by atoms with Crippen molar-refractivity contribution in [2.45, 2.75) is 12.8 Å². The molecule has 0 N–H and O–H groups in total. The van der Waals surface area contributed by atoms with E-state index in [1.54, 1.807) is 0 Å². The van der Waals surface area contributed by atoms with Gasteiger partial charge in [0, 0.05) is 23.3 Å². The molecule has 0 radical (unpaired) electrons. The van der Waals surface area contributed by atoms with Gasteiger partial charge in [-0.05, 0) is 47.5 Å². The number of fused-ring (bicyclic) bond motifs is 1. The van der Waals surface area contributed by atoms with Crippen LogP contribution in [0.5, 0.6) is 0 Å². The molecular weight excluding hydrogens is 315 g/mol. The Morgan fingerprint density at radius 2 is 1.52 bits per heavy atom. The first-order valence-corrected chi connectivity index (χ1v) is 8.35. The van der Waals surface area contributed by atoms with Gasteiger partial charge >= 0.3 is 0 Å². The number of ketones is 2. The van der Waals surface area contributed by atoms with Gasteiger partial charge in [0.2, 0.25) is 0 Å². The number of rotatable bonds is 4. The zero-order valence-corrected chi connectivity index (χ0v) is 13.8. The van der Waals surface area contributed by atoms with Gasteiger partial charge in [0.05, 0.1) is 0 Å². The largest absolute Gasteiger partial charge is 0.300 e. The summed E-state index contributed by atoms with van der Waals surface area (Å²) in [7, 11) is 0. The second-order valence-electron chi connectivity index (χ2n) is 6.67. The molecule has 2 nitrogen and oxygen atoms in total. The summed E-state index contributed by atoms with van der Waals surface area (Å²) in [4.78, 5) is 24.8. The van der Waals surface area contributed by atoms with Gasteiger partial charge in [0.25, 0.3) is 0 Å². The Hall–Kier alpha value is -2.81.